The third-order valence-corrected chi connectivity index (χ3v) is 11.2. The van der Waals surface area contributed by atoms with E-state index in [1.54, 1.807) is 0 Å². The van der Waals surface area contributed by atoms with E-state index in [9.17, 15) is 14.9 Å². The van der Waals surface area contributed by atoms with E-state index in [0.717, 1.165) is 43.4 Å². The van der Waals surface area contributed by atoms with Crippen LogP contribution in [0.5, 0.6) is 0 Å². The second-order valence-corrected chi connectivity index (χ2v) is 13.0. The van der Waals surface area contributed by atoms with Gasteiger partial charge in [0, 0.05) is 5.41 Å². The smallest absolute Gasteiger partial charge is 0.294 e. The molecular formula is C28H46N2O4. The van der Waals surface area contributed by atoms with Gasteiger partial charge in [-0.1, -0.05) is 53.9 Å². The standard InChI is InChI=1S/C28H46N2O4/c1-19(2)8-6-9-20(3)22-11-12-23-21-13-17-28(34-18-31)25(29-30(32)33)10-7-15-27(28,5)24(21)14-16-26(22,23)4/h18-24H,6-17H2,1-5H3/b29-25+/t20?,21-,22+,23-,24-,26+,27+,28+/m0/s1. The lowest BCUT2D eigenvalue weighted by Gasteiger charge is -2.63. The van der Waals surface area contributed by atoms with Gasteiger partial charge in [0.1, 0.15) is 5.71 Å². The first-order valence-electron chi connectivity index (χ1n) is 13.9. The number of ether oxygens (including phenoxy) is 1. The Hall–Kier alpha value is -1.46. The van der Waals surface area contributed by atoms with Gasteiger partial charge in [0.2, 0.25) is 0 Å². The van der Waals surface area contributed by atoms with Crippen LogP contribution >= 0.6 is 0 Å². The van der Waals surface area contributed by atoms with E-state index < -0.39 is 10.6 Å². The van der Waals surface area contributed by atoms with Gasteiger partial charge in [-0.25, -0.2) is 10.1 Å². The Morgan fingerprint density at radius 1 is 1.09 bits per heavy atom. The Bertz CT molecular complexity index is 812. The van der Waals surface area contributed by atoms with Crippen LogP contribution in [-0.4, -0.2) is 22.8 Å². The Labute approximate surface area is 205 Å². The SMILES string of the molecule is CC(C)CCCC(C)[C@H]1CC[C@H]2[C@@H]3CC[C@@]4(OC=O)/C(=N/[N+](=O)[O-])CCC[C@]4(C)[C@H]3CC[C@]12C. The summed E-state index contributed by atoms with van der Waals surface area (Å²) in [6.07, 6.45) is 13.1. The van der Waals surface area contributed by atoms with Gasteiger partial charge in [0.15, 0.2) is 10.6 Å². The molecule has 0 amide bonds. The average molecular weight is 475 g/mol. The normalized spacial score (nSPS) is 43.6. The minimum atomic E-state index is -0.906. The Morgan fingerprint density at radius 3 is 2.53 bits per heavy atom. The minimum Gasteiger partial charge on any atom is -0.454 e. The summed E-state index contributed by atoms with van der Waals surface area (Å²) in [5, 5.41) is 14.6. The van der Waals surface area contributed by atoms with Gasteiger partial charge in [0.25, 0.3) is 6.47 Å². The lowest BCUT2D eigenvalue weighted by atomic mass is 9.42. The van der Waals surface area contributed by atoms with E-state index in [4.69, 9.17) is 4.74 Å². The number of carbonyl (C=O) groups is 1. The summed E-state index contributed by atoms with van der Waals surface area (Å²) < 4.78 is 5.88. The van der Waals surface area contributed by atoms with Crippen LogP contribution in [-0.2, 0) is 9.53 Å². The molecule has 0 aliphatic heterocycles. The van der Waals surface area contributed by atoms with Crippen LogP contribution in [0.2, 0.25) is 0 Å². The molecule has 0 aromatic rings. The molecule has 4 fully saturated rings. The zero-order valence-electron chi connectivity index (χ0n) is 22.1. The maximum atomic E-state index is 11.7. The van der Waals surface area contributed by atoms with Crippen LogP contribution in [0.25, 0.3) is 0 Å². The Kier molecular flexibility index (Phi) is 7.19. The highest BCUT2D eigenvalue weighted by atomic mass is 16.7. The largest absolute Gasteiger partial charge is 0.454 e. The average Bonchev–Trinajstić information content (AvgIpc) is 3.11. The van der Waals surface area contributed by atoms with E-state index in [2.05, 4.69) is 39.7 Å². The van der Waals surface area contributed by atoms with E-state index in [-0.39, 0.29) is 5.41 Å². The predicted molar refractivity (Wildman–Crippen MR) is 134 cm³/mol. The van der Waals surface area contributed by atoms with E-state index in [0.29, 0.717) is 48.2 Å². The number of carbonyl (C=O) groups excluding carboxylic acids is 1. The van der Waals surface area contributed by atoms with Crippen molar-refractivity contribution in [3.63, 3.8) is 0 Å². The van der Waals surface area contributed by atoms with Gasteiger partial charge in [-0.05, 0) is 98.7 Å². The molecule has 1 unspecified atom stereocenters. The molecule has 4 aliphatic carbocycles. The van der Waals surface area contributed by atoms with Crippen molar-refractivity contribution in [2.45, 2.75) is 117 Å². The molecule has 6 heteroatoms. The highest BCUT2D eigenvalue weighted by molar-refractivity contribution is 5.95. The molecule has 34 heavy (non-hydrogen) atoms. The highest BCUT2D eigenvalue weighted by Crippen LogP contribution is 2.69. The van der Waals surface area contributed by atoms with Crippen LogP contribution in [0.15, 0.2) is 5.10 Å². The van der Waals surface area contributed by atoms with Crippen molar-refractivity contribution in [3.8, 4) is 0 Å². The van der Waals surface area contributed by atoms with Gasteiger partial charge in [-0.15, -0.1) is 0 Å². The molecule has 4 rings (SSSR count). The van der Waals surface area contributed by atoms with Crippen molar-refractivity contribution in [2.75, 3.05) is 0 Å². The maximum Gasteiger partial charge on any atom is 0.294 e. The minimum absolute atomic E-state index is 0.272. The summed E-state index contributed by atoms with van der Waals surface area (Å²) in [7, 11) is 0. The molecule has 0 heterocycles. The lowest BCUT2D eigenvalue weighted by Crippen LogP contribution is -2.66. The Morgan fingerprint density at radius 2 is 1.85 bits per heavy atom. The van der Waals surface area contributed by atoms with E-state index in [1.165, 1.54) is 38.5 Å². The molecule has 192 valence electrons. The summed E-state index contributed by atoms with van der Waals surface area (Å²) in [5.74, 6) is 4.13. The van der Waals surface area contributed by atoms with Gasteiger partial charge in [-0.2, -0.15) is 0 Å². The summed E-state index contributed by atoms with van der Waals surface area (Å²) in [5.41, 5.74) is -0.288. The molecule has 4 saturated carbocycles. The fourth-order valence-corrected chi connectivity index (χ4v) is 9.72. The molecule has 0 N–H and O–H groups in total. The molecular weight excluding hydrogens is 428 g/mol. The van der Waals surface area contributed by atoms with Gasteiger partial charge in [-0.3, -0.25) is 4.79 Å². The number of nitrogens with zero attached hydrogens (tertiary/aromatic N) is 2. The zero-order valence-corrected chi connectivity index (χ0v) is 22.1. The van der Waals surface area contributed by atoms with Crippen molar-refractivity contribution < 1.29 is 14.6 Å². The second-order valence-electron chi connectivity index (χ2n) is 13.0. The second kappa shape index (κ2) is 9.54. The highest BCUT2D eigenvalue weighted by Gasteiger charge is 2.67. The van der Waals surface area contributed by atoms with Crippen molar-refractivity contribution in [2.24, 2.45) is 51.4 Å². The number of hydrazone groups is 1. The quantitative estimate of drug-likeness (QED) is 0.215. The zero-order chi connectivity index (χ0) is 24.7. The monoisotopic (exact) mass is 474 g/mol. The van der Waals surface area contributed by atoms with E-state index >= 15 is 0 Å². The van der Waals surface area contributed by atoms with Crippen LogP contribution in [0.1, 0.15) is 112 Å². The van der Waals surface area contributed by atoms with Crippen LogP contribution < -0.4 is 0 Å². The van der Waals surface area contributed by atoms with Crippen LogP contribution in [0, 0.1) is 56.5 Å². The Balaban J connectivity index is 1.59. The fourth-order valence-electron chi connectivity index (χ4n) is 9.72. The van der Waals surface area contributed by atoms with Crippen molar-refractivity contribution in [1.29, 1.82) is 0 Å². The molecule has 0 spiro atoms. The molecule has 0 aromatic heterocycles. The summed E-state index contributed by atoms with van der Waals surface area (Å²) in [6, 6.07) is 0. The maximum absolute atomic E-state index is 11.7. The number of hydrogen-bond acceptors (Lipinski definition) is 4. The van der Waals surface area contributed by atoms with Gasteiger partial charge < -0.3 is 4.74 Å². The van der Waals surface area contributed by atoms with Crippen LogP contribution in [0.4, 0.5) is 0 Å². The first-order valence-corrected chi connectivity index (χ1v) is 13.9. The first kappa shape index (κ1) is 25.6. The number of nitro groups is 1. The third kappa shape index (κ3) is 4.01. The van der Waals surface area contributed by atoms with E-state index in [1.807, 2.05) is 0 Å². The van der Waals surface area contributed by atoms with Crippen molar-refractivity contribution >= 4 is 12.2 Å². The molecule has 0 bridgehead atoms. The first-order chi connectivity index (χ1) is 16.1. The molecule has 4 aliphatic rings. The topological polar surface area (TPSA) is 81.8 Å². The summed E-state index contributed by atoms with van der Waals surface area (Å²) >= 11 is 0. The number of hydrogen-bond donors (Lipinski definition) is 0. The van der Waals surface area contributed by atoms with Gasteiger partial charge in [0.05, 0.1) is 5.10 Å². The summed E-state index contributed by atoms with van der Waals surface area (Å²) in [4.78, 5) is 23.0. The predicted octanol–water partition coefficient (Wildman–Crippen LogP) is 7.04. The molecule has 8 atom stereocenters. The van der Waals surface area contributed by atoms with Crippen molar-refractivity contribution in [1.82, 2.24) is 0 Å². The van der Waals surface area contributed by atoms with Gasteiger partial charge >= 0.3 is 0 Å². The molecule has 0 radical (unpaired) electrons. The van der Waals surface area contributed by atoms with Crippen molar-refractivity contribution in [3.05, 3.63) is 10.1 Å². The molecule has 6 nitrogen and oxygen atoms in total. The third-order valence-electron chi connectivity index (χ3n) is 11.2. The number of fused-ring (bicyclic) bond motifs is 5. The molecule has 0 aromatic carbocycles. The number of rotatable bonds is 8. The molecule has 0 saturated heterocycles. The lowest BCUT2D eigenvalue weighted by molar-refractivity contribution is -0.486. The summed E-state index contributed by atoms with van der Waals surface area (Å²) in [6.45, 7) is 12.5. The van der Waals surface area contributed by atoms with Crippen LogP contribution in [0.3, 0.4) is 0 Å². The fraction of sp³-hybridized carbons (Fsp3) is 0.929.